The fourth-order valence-electron chi connectivity index (χ4n) is 3.10. The predicted molar refractivity (Wildman–Crippen MR) is 111 cm³/mol. The third-order valence-corrected chi connectivity index (χ3v) is 4.86. The van der Waals surface area contributed by atoms with E-state index < -0.39 is 0 Å². The lowest BCUT2D eigenvalue weighted by Gasteiger charge is -2.12. The van der Waals surface area contributed by atoms with Crippen molar-refractivity contribution in [3.8, 4) is 22.9 Å². The largest absolute Gasteiger partial charge is 0.497 e. The molecule has 5 heteroatoms. The van der Waals surface area contributed by atoms with Crippen molar-refractivity contribution in [2.45, 2.75) is 6.54 Å². The van der Waals surface area contributed by atoms with Crippen LogP contribution in [0.1, 0.15) is 0 Å². The number of rotatable bonds is 6. The third kappa shape index (κ3) is 3.83. The Hall–Kier alpha value is -2.79. The van der Waals surface area contributed by atoms with E-state index in [-0.39, 0.29) is 0 Å². The molecule has 4 rings (SSSR count). The minimum Gasteiger partial charge on any atom is -0.497 e. The molecule has 0 N–H and O–H groups in total. The van der Waals surface area contributed by atoms with Gasteiger partial charge >= 0.3 is 0 Å². The molecule has 1 heterocycles. The molecule has 1 aromatic heterocycles. The van der Waals surface area contributed by atoms with Crippen LogP contribution in [0.25, 0.3) is 22.4 Å². The van der Waals surface area contributed by atoms with Gasteiger partial charge in [-0.3, -0.25) is 0 Å². The summed E-state index contributed by atoms with van der Waals surface area (Å²) in [5.74, 6) is 2.52. The van der Waals surface area contributed by atoms with E-state index in [1.165, 1.54) is 0 Å². The monoisotopic (exact) mass is 422 g/mol. The molecule has 3 aromatic carbocycles. The van der Waals surface area contributed by atoms with Crippen LogP contribution in [0.3, 0.4) is 0 Å². The topological polar surface area (TPSA) is 36.3 Å². The lowest BCUT2D eigenvalue weighted by atomic mass is 10.2. The average molecular weight is 423 g/mol. The summed E-state index contributed by atoms with van der Waals surface area (Å²) >= 11 is 3.55. The van der Waals surface area contributed by atoms with Gasteiger partial charge in [0.2, 0.25) is 0 Å². The van der Waals surface area contributed by atoms with Gasteiger partial charge in [-0.2, -0.15) is 0 Å². The summed E-state index contributed by atoms with van der Waals surface area (Å²) in [5, 5.41) is 0. The zero-order valence-electron chi connectivity index (χ0n) is 14.9. The van der Waals surface area contributed by atoms with Gasteiger partial charge in [-0.25, -0.2) is 4.98 Å². The van der Waals surface area contributed by atoms with Gasteiger partial charge in [0.15, 0.2) is 0 Å². The highest BCUT2D eigenvalue weighted by atomic mass is 79.9. The first-order valence-electron chi connectivity index (χ1n) is 8.72. The molecule has 0 aliphatic heterocycles. The summed E-state index contributed by atoms with van der Waals surface area (Å²) in [6, 6.07) is 24.0. The van der Waals surface area contributed by atoms with E-state index in [9.17, 15) is 0 Å². The second kappa shape index (κ2) is 7.84. The molecule has 0 saturated carbocycles. The maximum absolute atomic E-state index is 5.95. The quantitative estimate of drug-likeness (QED) is 0.408. The first-order chi connectivity index (χ1) is 13.2. The van der Waals surface area contributed by atoms with Gasteiger partial charge in [0.05, 0.1) is 24.7 Å². The van der Waals surface area contributed by atoms with Crippen molar-refractivity contribution in [1.29, 1.82) is 0 Å². The van der Waals surface area contributed by atoms with Gasteiger partial charge in [-0.05, 0) is 36.4 Å². The highest BCUT2D eigenvalue weighted by molar-refractivity contribution is 9.10. The number of nitrogens with zero attached hydrogens (tertiary/aromatic N) is 2. The maximum Gasteiger partial charge on any atom is 0.141 e. The maximum atomic E-state index is 5.95. The molecule has 0 aliphatic carbocycles. The number of ether oxygens (including phenoxy) is 2. The molecule has 0 saturated heterocycles. The molecule has 0 bridgehead atoms. The number of hydrogen-bond acceptors (Lipinski definition) is 3. The van der Waals surface area contributed by atoms with E-state index in [1.54, 1.807) is 7.11 Å². The van der Waals surface area contributed by atoms with Gasteiger partial charge < -0.3 is 14.0 Å². The van der Waals surface area contributed by atoms with E-state index in [4.69, 9.17) is 14.5 Å². The molecule has 0 unspecified atom stereocenters. The number of fused-ring (bicyclic) bond motifs is 1. The molecule has 0 spiro atoms. The number of imidazole rings is 1. The molecule has 0 aliphatic rings. The van der Waals surface area contributed by atoms with Crippen molar-refractivity contribution in [3.05, 3.63) is 77.3 Å². The number of para-hydroxylation sites is 2. The lowest BCUT2D eigenvalue weighted by molar-refractivity contribution is 0.298. The smallest absolute Gasteiger partial charge is 0.141 e. The van der Waals surface area contributed by atoms with E-state index in [1.807, 2.05) is 54.6 Å². The molecule has 0 fully saturated rings. The summed E-state index contributed by atoms with van der Waals surface area (Å²) < 4.78 is 14.4. The van der Waals surface area contributed by atoms with Crippen molar-refractivity contribution in [2.75, 3.05) is 13.7 Å². The van der Waals surface area contributed by atoms with Gasteiger partial charge in [0, 0.05) is 16.1 Å². The Kier molecular flexibility index (Phi) is 5.12. The minimum atomic E-state index is 0.536. The summed E-state index contributed by atoms with van der Waals surface area (Å²) in [6.07, 6.45) is 0. The van der Waals surface area contributed by atoms with Crippen LogP contribution in [-0.2, 0) is 6.54 Å². The SMILES string of the molecule is COc1cccc(OCCn2c(-c3cccc(Br)c3)nc3ccccc32)c1. The lowest BCUT2D eigenvalue weighted by Crippen LogP contribution is -2.09. The van der Waals surface area contributed by atoms with E-state index >= 15 is 0 Å². The van der Waals surface area contributed by atoms with Crippen LogP contribution >= 0.6 is 15.9 Å². The fourth-order valence-corrected chi connectivity index (χ4v) is 3.49. The molecule has 0 atom stereocenters. The Balaban J connectivity index is 1.63. The normalized spacial score (nSPS) is 10.9. The number of benzene rings is 3. The molecule has 4 nitrogen and oxygen atoms in total. The third-order valence-electron chi connectivity index (χ3n) is 4.36. The molecule has 0 amide bonds. The Labute approximate surface area is 166 Å². The molecular formula is C22H19BrN2O2. The zero-order chi connectivity index (χ0) is 18.6. The molecule has 0 radical (unpaired) electrons. The second-order valence-electron chi connectivity index (χ2n) is 6.11. The van der Waals surface area contributed by atoms with Crippen LogP contribution in [0, 0.1) is 0 Å². The Morgan fingerprint density at radius 2 is 1.74 bits per heavy atom. The van der Waals surface area contributed by atoms with Crippen molar-refractivity contribution >= 4 is 27.0 Å². The van der Waals surface area contributed by atoms with Gasteiger partial charge in [0.1, 0.15) is 23.9 Å². The van der Waals surface area contributed by atoms with E-state index in [2.05, 4.69) is 38.7 Å². The van der Waals surface area contributed by atoms with Crippen LogP contribution in [0.15, 0.2) is 77.3 Å². The zero-order valence-corrected chi connectivity index (χ0v) is 16.5. The van der Waals surface area contributed by atoms with Crippen molar-refractivity contribution in [3.63, 3.8) is 0 Å². The molecule has 136 valence electrons. The van der Waals surface area contributed by atoms with Crippen molar-refractivity contribution < 1.29 is 9.47 Å². The Bertz CT molecular complexity index is 1070. The standard InChI is InChI=1S/C22H19BrN2O2/c1-26-18-8-5-9-19(15-18)27-13-12-25-21-11-3-2-10-20(21)24-22(25)16-6-4-7-17(23)14-16/h2-11,14-15H,12-13H2,1H3. The average Bonchev–Trinajstić information content (AvgIpc) is 3.07. The first-order valence-corrected chi connectivity index (χ1v) is 9.52. The fraction of sp³-hybridized carbons (Fsp3) is 0.136. The summed E-state index contributed by atoms with van der Waals surface area (Å²) in [4.78, 5) is 4.84. The van der Waals surface area contributed by atoms with Gasteiger partial charge in [0.25, 0.3) is 0 Å². The van der Waals surface area contributed by atoms with Crippen molar-refractivity contribution in [1.82, 2.24) is 9.55 Å². The molecular weight excluding hydrogens is 404 g/mol. The highest BCUT2D eigenvalue weighted by Crippen LogP contribution is 2.27. The Morgan fingerprint density at radius 1 is 0.926 bits per heavy atom. The Morgan fingerprint density at radius 3 is 2.59 bits per heavy atom. The number of halogens is 1. The number of methoxy groups -OCH3 is 1. The predicted octanol–water partition coefficient (Wildman–Crippen LogP) is 5.55. The number of hydrogen-bond donors (Lipinski definition) is 0. The van der Waals surface area contributed by atoms with E-state index in [0.717, 1.165) is 38.4 Å². The molecule has 27 heavy (non-hydrogen) atoms. The van der Waals surface area contributed by atoms with Gasteiger partial charge in [-0.1, -0.05) is 46.3 Å². The van der Waals surface area contributed by atoms with Crippen LogP contribution in [0.5, 0.6) is 11.5 Å². The van der Waals surface area contributed by atoms with Crippen molar-refractivity contribution in [2.24, 2.45) is 0 Å². The highest BCUT2D eigenvalue weighted by Gasteiger charge is 2.12. The minimum absolute atomic E-state index is 0.536. The first kappa shape index (κ1) is 17.6. The summed E-state index contributed by atoms with van der Waals surface area (Å²) in [7, 11) is 1.65. The van der Waals surface area contributed by atoms with Crippen LogP contribution in [-0.4, -0.2) is 23.3 Å². The van der Waals surface area contributed by atoms with E-state index in [0.29, 0.717) is 13.2 Å². The van der Waals surface area contributed by atoms with Crippen LogP contribution < -0.4 is 9.47 Å². The summed E-state index contributed by atoms with van der Waals surface area (Å²) in [5.41, 5.74) is 3.15. The van der Waals surface area contributed by atoms with Crippen LogP contribution in [0.4, 0.5) is 0 Å². The number of aromatic nitrogens is 2. The molecule has 4 aromatic rings. The summed E-state index contributed by atoms with van der Waals surface area (Å²) in [6.45, 7) is 1.23. The van der Waals surface area contributed by atoms with Crippen LogP contribution in [0.2, 0.25) is 0 Å². The second-order valence-corrected chi connectivity index (χ2v) is 7.03. The van der Waals surface area contributed by atoms with Gasteiger partial charge in [-0.15, -0.1) is 0 Å².